The van der Waals surface area contributed by atoms with Crippen molar-refractivity contribution in [1.82, 2.24) is 9.88 Å². The van der Waals surface area contributed by atoms with Crippen molar-refractivity contribution >= 4 is 11.6 Å². The van der Waals surface area contributed by atoms with Crippen molar-refractivity contribution in [3.8, 4) is 6.07 Å². The third kappa shape index (κ3) is 4.27. The summed E-state index contributed by atoms with van der Waals surface area (Å²) < 4.78 is 46.0. The van der Waals surface area contributed by atoms with Gasteiger partial charge in [-0.15, -0.1) is 0 Å². The number of likely N-dealkylation sites (tertiary alicyclic amines) is 1. The summed E-state index contributed by atoms with van der Waals surface area (Å²) in [6, 6.07) is 9.10. The van der Waals surface area contributed by atoms with Crippen LogP contribution in [0.1, 0.15) is 33.6 Å². The third-order valence-electron chi connectivity index (χ3n) is 6.86. The monoisotopic (exact) mass is 458 g/mol. The van der Waals surface area contributed by atoms with Crippen LogP contribution in [0.25, 0.3) is 0 Å². The molecule has 174 valence electrons. The number of alkyl halides is 3. The number of anilines is 1. The van der Waals surface area contributed by atoms with Crippen LogP contribution in [-0.2, 0) is 10.9 Å². The van der Waals surface area contributed by atoms with Gasteiger partial charge in [0.05, 0.1) is 23.8 Å². The lowest BCUT2D eigenvalue weighted by molar-refractivity contribution is -0.137. The molecule has 4 rings (SSSR count). The lowest BCUT2D eigenvalue weighted by atomic mass is 9.73. The highest BCUT2D eigenvalue weighted by atomic mass is 19.4. The molecule has 0 aliphatic carbocycles. The molecule has 2 aromatic rings. The zero-order chi connectivity index (χ0) is 23.8. The SMILES string of the molecule is COCC12CCN(C(=O)c3ncccc3C)CC1CN(c1ccc(C#N)c(C(F)(F)F)c1)C2. The van der Waals surface area contributed by atoms with Crippen LogP contribution in [0.15, 0.2) is 36.5 Å². The molecule has 2 aliphatic heterocycles. The number of amides is 1. The van der Waals surface area contributed by atoms with Crippen molar-refractivity contribution in [2.45, 2.75) is 19.5 Å². The number of piperidine rings is 1. The fraction of sp³-hybridized carbons (Fsp3) is 0.458. The molecule has 1 amide bonds. The standard InChI is InChI=1S/C24H25F3N4O2/c1-16-4-3-8-29-21(16)22(32)30-9-7-23(15-33-2)14-31(13-18(23)12-30)19-6-5-17(11-28)20(10-19)24(25,26)27/h3-6,8,10,18H,7,9,12-15H2,1-2H3. The Kier molecular flexibility index (Phi) is 6.06. The average Bonchev–Trinajstić information content (AvgIpc) is 3.16. The number of methoxy groups -OCH3 is 1. The largest absolute Gasteiger partial charge is 0.417 e. The van der Waals surface area contributed by atoms with E-state index < -0.39 is 17.3 Å². The molecule has 1 aromatic heterocycles. The van der Waals surface area contributed by atoms with E-state index in [-0.39, 0.29) is 17.2 Å². The molecule has 0 saturated carbocycles. The summed E-state index contributed by atoms with van der Waals surface area (Å²) in [5, 5.41) is 9.09. The normalized spacial score (nSPS) is 22.7. The van der Waals surface area contributed by atoms with Crippen LogP contribution in [0.3, 0.4) is 0 Å². The number of carbonyl (C=O) groups excluding carboxylic acids is 1. The number of pyridine rings is 1. The van der Waals surface area contributed by atoms with Gasteiger partial charge in [0, 0.05) is 56.5 Å². The highest BCUT2D eigenvalue weighted by Gasteiger charge is 2.50. The first kappa shape index (κ1) is 23.1. The highest BCUT2D eigenvalue weighted by Crippen LogP contribution is 2.45. The van der Waals surface area contributed by atoms with Crippen LogP contribution in [0.2, 0.25) is 0 Å². The fourth-order valence-corrected chi connectivity index (χ4v) is 5.11. The molecule has 0 bridgehead atoms. The van der Waals surface area contributed by atoms with Crippen molar-refractivity contribution in [2.75, 3.05) is 44.8 Å². The Morgan fingerprint density at radius 3 is 2.79 bits per heavy atom. The predicted molar refractivity (Wildman–Crippen MR) is 116 cm³/mol. The Bertz CT molecular complexity index is 1100. The van der Waals surface area contributed by atoms with E-state index in [2.05, 4.69) is 4.98 Å². The van der Waals surface area contributed by atoms with Gasteiger partial charge in [-0.05, 0) is 43.2 Å². The van der Waals surface area contributed by atoms with E-state index in [1.54, 1.807) is 36.4 Å². The number of hydrogen-bond acceptors (Lipinski definition) is 5. The molecule has 9 heteroatoms. The minimum absolute atomic E-state index is 0.0316. The number of hydrogen-bond donors (Lipinski definition) is 0. The number of aryl methyl sites for hydroxylation is 1. The quantitative estimate of drug-likeness (QED) is 0.695. The van der Waals surface area contributed by atoms with Crippen molar-refractivity contribution in [3.05, 3.63) is 58.9 Å². The summed E-state index contributed by atoms with van der Waals surface area (Å²) in [4.78, 5) is 21.1. The molecule has 2 aliphatic rings. The summed E-state index contributed by atoms with van der Waals surface area (Å²) >= 11 is 0. The van der Waals surface area contributed by atoms with Crippen LogP contribution < -0.4 is 4.90 Å². The maximum absolute atomic E-state index is 13.5. The molecular weight excluding hydrogens is 433 g/mol. The van der Waals surface area contributed by atoms with Crippen molar-refractivity contribution in [2.24, 2.45) is 11.3 Å². The first-order valence-corrected chi connectivity index (χ1v) is 10.7. The second-order valence-corrected chi connectivity index (χ2v) is 8.88. The number of halogens is 3. The van der Waals surface area contributed by atoms with Gasteiger partial charge in [0.15, 0.2) is 0 Å². The zero-order valence-corrected chi connectivity index (χ0v) is 18.5. The summed E-state index contributed by atoms with van der Waals surface area (Å²) in [7, 11) is 1.62. The Morgan fingerprint density at radius 2 is 2.12 bits per heavy atom. The molecule has 1 aromatic carbocycles. The molecule has 2 unspecified atom stereocenters. The maximum Gasteiger partial charge on any atom is 0.417 e. The second-order valence-electron chi connectivity index (χ2n) is 8.88. The van der Waals surface area contributed by atoms with Gasteiger partial charge in [-0.2, -0.15) is 18.4 Å². The molecule has 2 saturated heterocycles. The van der Waals surface area contributed by atoms with E-state index in [9.17, 15) is 18.0 Å². The molecule has 33 heavy (non-hydrogen) atoms. The van der Waals surface area contributed by atoms with Gasteiger partial charge in [-0.25, -0.2) is 0 Å². The number of fused-ring (bicyclic) bond motifs is 1. The summed E-state index contributed by atoms with van der Waals surface area (Å²) in [6.07, 6.45) is -2.33. The lowest BCUT2D eigenvalue weighted by Gasteiger charge is -2.43. The number of carbonyl (C=O) groups is 1. The van der Waals surface area contributed by atoms with Gasteiger partial charge in [0.1, 0.15) is 5.69 Å². The van der Waals surface area contributed by atoms with Crippen molar-refractivity contribution < 1.29 is 22.7 Å². The number of benzene rings is 1. The number of rotatable bonds is 4. The maximum atomic E-state index is 13.5. The first-order chi connectivity index (χ1) is 15.7. The van der Waals surface area contributed by atoms with Gasteiger partial charge in [-0.3, -0.25) is 9.78 Å². The van der Waals surface area contributed by atoms with Crippen molar-refractivity contribution in [3.63, 3.8) is 0 Å². The number of nitriles is 1. The van der Waals surface area contributed by atoms with Crippen LogP contribution in [0, 0.1) is 29.6 Å². The number of aromatic nitrogens is 1. The van der Waals surface area contributed by atoms with E-state index in [1.165, 1.54) is 6.07 Å². The second kappa shape index (κ2) is 8.67. The summed E-state index contributed by atoms with van der Waals surface area (Å²) in [5.41, 5.74) is 0.0639. The molecule has 2 atom stereocenters. The smallest absolute Gasteiger partial charge is 0.384 e. The van der Waals surface area contributed by atoms with Gasteiger partial charge >= 0.3 is 6.18 Å². The molecular formula is C24H25F3N4O2. The Balaban J connectivity index is 1.60. The van der Waals surface area contributed by atoms with E-state index in [1.807, 2.05) is 17.9 Å². The molecule has 0 spiro atoms. The van der Waals surface area contributed by atoms with Gasteiger partial charge in [0.25, 0.3) is 5.91 Å². The Morgan fingerprint density at radius 1 is 1.33 bits per heavy atom. The van der Waals surface area contributed by atoms with Gasteiger partial charge in [0.2, 0.25) is 0 Å². The van der Waals surface area contributed by atoms with Crippen LogP contribution in [0.5, 0.6) is 0 Å². The van der Waals surface area contributed by atoms with Crippen LogP contribution >= 0.6 is 0 Å². The number of ether oxygens (including phenoxy) is 1. The number of nitrogens with zero attached hydrogens (tertiary/aromatic N) is 4. The van der Waals surface area contributed by atoms with Crippen LogP contribution in [-0.4, -0.2) is 55.7 Å². The minimum atomic E-state index is -4.61. The Labute approximate surface area is 190 Å². The summed E-state index contributed by atoms with van der Waals surface area (Å²) in [6.45, 7) is 4.35. The molecule has 3 heterocycles. The molecule has 2 fully saturated rings. The van der Waals surface area contributed by atoms with E-state index in [0.29, 0.717) is 50.6 Å². The van der Waals surface area contributed by atoms with Crippen LogP contribution in [0.4, 0.5) is 18.9 Å². The third-order valence-corrected chi connectivity index (χ3v) is 6.86. The van der Waals surface area contributed by atoms with E-state index in [4.69, 9.17) is 10.00 Å². The minimum Gasteiger partial charge on any atom is -0.384 e. The predicted octanol–water partition coefficient (Wildman–Crippen LogP) is 3.90. The van der Waals surface area contributed by atoms with Crippen molar-refractivity contribution in [1.29, 1.82) is 5.26 Å². The lowest BCUT2D eigenvalue weighted by Crippen LogP contribution is -2.51. The molecule has 0 radical (unpaired) electrons. The van der Waals surface area contributed by atoms with Gasteiger partial charge in [-0.1, -0.05) is 6.07 Å². The van der Waals surface area contributed by atoms with E-state index >= 15 is 0 Å². The van der Waals surface area contributed by atoms with E-state index in [0.717, 1.165) is 11.6 Å². The Hall–Kier alpha value is -3.12. The molecule has 0 N–H and O–H groups in total. The topological polar surface area (TPSA) is 69.5 Å². The zero-order valence-electron chi connectivity index (χ0n) is 18.5. The van der Waals surface area contributed by atoms with Gasteiger partial charge < -0.3 is 14.5 Å². The fourth-order valence-electron chi connectivity index (χ4n) is 5.11. The highest BCUT2D eigenvalue weighted by molar-refractivity contribution is 5.93. The first-order valence-electron chi connectivity index (χ1n) is 10.7. The summed E-state index contributed by atoms with van der Waals surface area (Å²) in [5.74, 6) is -0.0977. The average molecular weight is 458 g/mol. The molecule has 6 nitrogen and oxygen atoms in total.